The molecule has 0 bridgehead atoms. The van der Waals surface area contributed by atoms with Crippen LogP contribution in [0.2, 0.25) is 0 Å². The normalized spacial score (nSPS) is 14.1. The van der Waals surface area contributed by atoms with Crippen molar-refractivity contribution in [3.63, 3.8) is 0 Å². The first-order chi connectivity index (χ1) is 10.6. The molecule has 0 unspecified atom stereocenters. The third kappa shape index (κ3) is 2.92. The van der Waals surface area contributed by atoms with Crippen molar-refractivity contribution in [1.29, 1.82) is 0 Å². The Bertz CT molecular complexity index is 652. The Hall–Kier alpha value is -2.47. The van der Waals surface area contributed by atoms with Crippen molar-refractivity contribution in [2.45, 2.75) is 6.04 Å². The fraction of sp³-hybridized carbons (Fsp3) is 0.312. The molecule has 1 aliphatic rings. The zero-order valence-electron chi connectivity index (χ0n) is 12.5. The summed E-state index contributed by atoms with van der Waals surface area (Å²) in [5.41, 5.74) is 0.543. The number of amides is 1. The molecule has 2 aromatic rings. The highest BCUT2D eigenvalue weighted by Crippen LogP contribution is 2.32. The second-order valence-electron chi connectivity index (χ2n) is 5.27. The Morgan fingerprint density at radius 3 is 2.82 bits per heavy atom. The molecular weight excluding hydrogens is 284 g/mol. The number of nitrogens with zero attached hydrogens (tertiary/aromatic N) is 1. The maximum Gasteiger partial charge on any atom is 0.251 e. The lowest BCUT2D eigenvalue weighted by atomic mass is 10.1. The number of rotatable bonds is 5. The summed E-state index contributed by atoms with van der Waals surface area (Å²) in [4.78, 5) is 14.3. The highest BCUT2D eigenvalue weighted by atomic mass is 16.7. The molecule has 22 heavy (non-hydrogen) atoms. The molecule has 0 saturated carbocycles. The van der Waals surface area contributed by atoms with Crippen LogP contribution in [-0.4, -0.2) is 38.2 Å². The summed E-state index contributed by atoms with van der Waals surface area (Å²) >= 11 is 0. The number of benzene rings is 1. The van der Waals surface area contributed by atoms with Crippen LogP contribution in [0.25, 0.3) is 0 Å². The second kappa shape index (κ2) is 6.11. The fourth-order valence-corrected chi connectivity index (χ4v) is 2.35. The van der Waals surface area contributed by atoms with Gasteiger partial charge in [0.1, 0.15) is 5.76 Å². The van der Waals surface area contributed by atoms with Crippen molar-refractivity contribution in [3.8, 4) is 11.5 Å². The van der Waals surface area contributed by atoms with Crippen LogP contribution in [0.3, 0.4) is 0 Å². The van der Waals surface area contributed by atoms with Crippen molar-refractivity contribution in [2.75, 3.05) is 27.4 Å². The molecule has 0 aliphatic carbocycles. The fourth-order valence-electron chi connectivity index (χ4n) is 2.35. The lowest BCUT2D eigenvalue weighted by Crippen LogP contribution is -2.34. The summed E-state index contributed by atoms with van der Waals surface area (Å²) in [6.07, 6.45) is 1.63. The minimum atomic E-state index is -0.156. The number of furan rings is 1. The molecule has 0 radical (unpaired) electrons. The standard InChI is InChI=1S/C16H18N2O4/c1-18(2)12(13-4-3-7-20-13)9-17-16(19)11-5-6-14-15(8-11)22-10-21-14/h3-8,12H,9-10H2,1-2H3,(H,17,19)/t12-/m0/s1. The van der Waals surface area contributed by atoms with E-state index in [1.54, 1.807) is 24.5 Å². The van der Waals surface area contributed by atoms with Gasteiger partial charge in [-0.05, 0) is 44.4 Å². The zero-order valence-corrected chi connectivity index (χ0v) is 12.5. The molecule has 0 fully saturated rings. The summed E-state index contributed by atoms with van der Waals surface area (Å²) in [5, 5.41) is 2.92. The van der Waals surface area contributed by atoms with Crippen molar-refractivity contribution in [1.82, 2.24) is 10.2 Å². The zero-order chi connectivity index (χ0) is 15.5. The summed E-state index contributed by atoms with van der Waals surface area (Å²) in [6.45, 7) is 0.648. The van der Waals surface area contributed by atoms with Gasteiger partial charge in [0.25, 0.3) is 5.91 Å². The van der Waals surface area contributed by atoms with Gasteiger partial charge < -0.3 is 19.2 Å². The summed E-state index contributed by atoms with van der Waals surface area (Å²) in [7, 11) is 3.89. The van der Waals surface area contributed by atoms with E-state index in [0.29, 0.717) is 23.6 Å². The van der Waals surface area contributed by atoms with Crippen LogP contribution < -0.4 is 14.8 Å². The minimum absolute atomic E-state index is 0.0204. The topological polar surface area (TPSA) is 63.9 Å². The predicted octanol–water partition coefficient (Wildman–Crippen LogP) is 2.04. The van der Waals surface area contributed by atoms with E-state index in [4.69, 9.17) is 13.9 Å². The number of hydrogen-bond acceptors (Lipinski definition) is 5. The second-order valence-corrected chi connectivity index (χ2v) is 5.27. The molecule has 0 saturated heterocycles. The monoisotopic (exact) mass is 302 g/mol. The highest BCUT2D eigenvalue weighted by Gasteiger charge is 2.20. The van der Waals surface area contributed by atoms with Crippen LogP contribution in [0, 0.1) is 0 Å². The van der Waals surface area contributed by atoms with Crippen molar-refractivity contribution in [2.24, 2.45) is 0 Å². The van der Waals surface area contributed by atoms with E-state index in [1.807, 2.05) is 31.1 Å². The summed E-state index contributed by atoms with van der Waals surface area (Å²) in [5.74, 6) is 1.92. The molecule has 6 heteroatoms. The number of carbonyl (C=O) groups excluding carboxylic acids is 1. The highest BCUT2D eigenvalue weighted by molar-refractivity contribution is 5.94. The van der Waals surface area contributed by atoms with E-state index in [0.717, 1.165) is 5.76 Å². The number of fused-ring (bicyclic) bond motifs is 1. The van der Waals surface area contributed by atoms with Crippen LogP contribution >= 0.6 is 0 Å². The molecule has 1 aromatic heterocycles. The lowest BCUT2D eigenvalue weighted by molar-refractivity contribution is 0.0938. The molecule has 2 heterocycles. The molecule has 1 atom stereocenters. The number of carbonyl (C=O) groups is 1. The Kier molecular flexibility index (Phi) is 4.02. The molecule has 6 nitrogen and oxygen atoms in total. The SMILES string of the molecule is CN(C)[C@@H](CNC(=O)c1ccc2c(c1)OCO2)c1ccco1. The number of nitrogens with one attached hydrogen (secondary N) is 1. The van der Waals surface area contributed by atoms with Crippen LogP contribution in [-0.2, 0) is 0 Å². The molecule has 0 spiro atoms. The van der Waals surface area contributed by atoms with Crippen LogP contribution in [0.4, 0.5) is 0 Å². The third-order valence-electron chi connectivity index (χ3n) is 3.59. The number of ether oxygens (including phenoxy) is 2. The van der Waals surface area contributed by atoms with Gasteiger partial charge in [0.15, 0.2) is 11.5 Å². The molecule has 116 valence electrons. The molecule has 1 aliphatic heterocycles. The maximum atomic E-state index is 12.3. The lowest BCUT2D eigenvalue weighted by Gasteiger charge is -2.22. The van der Waals surface area contributed by atoms with E-state index < -0.39 is 0 Å². The first-order valence-corrected chi connectivity index (χ1v) is 7.03. The van der Waals surface area contributed by atoms with Gasteiger partial charge in [0, 0.05) is 12.1 Å². The number of likely N-dealkylation sites (N-methyl/N-ethyl adjacent to an activating group) is 1. The van der Waals surface area contributed by atoms with Gasteiger partial charge in [-0.2, -0.15) is 0 Å². The van der Waals surface area contributed by atoms with Gasteiger partial charge in [-0.1, -0.05) is 0 Å². The Morgan fingerprint density at radius 2 is 2.09 bits per heavy atom. The van der Waals surface area contributed by atoms with Gasteiger partial charge in [0.2, 0.25) is 6.79 Å². The van der Waals surface area contributed by atoms with E-state index in [-0.39, 0.29) is 18.7 Å². The molecule has 3 rings (SSSR count). The van der Waals surface area contributed by atoms with Gasteiger partial charge in [-0.15, -0.1) is 0 Å². The summed E-state index contributed by atoms with van der Waals surface area (Å²) < 4.78 is 16.0. The molecule has 1 aromatic carbocycles. The van der Waals surface area contributed by atoms with Gasteiger partial charge in [0.05, 0.1) is 12.3 Å². The largest absolute Gasteiger partial charge is 0.468 e. The average molecular weight is 302 g/mol. The van der Waals surface area contributed by atoms with E-state index in [2.05, 4.69) is 5.32 Å². The molecule has 1 amide bonds. The first kappa shape index (κ1) is 14.5. The average Bonchev–Trinajstić information content (AvgIpc) is 3.17. The predicted molar refractivity (Wildman–Crippen MR) is 80.0 cm³/mol. The van der Waals surface area contributed by atoms with Crippen LogP contribution in [0.5, 0.6) is 11.5 Å². The molecule has 1 N–H and O–H groups in total. The third-order valence-corrected chi connectivity index (χ3v) is 3.59. The van der Waals surface area contributed by atoms with E-state index in [1.165, 1.54) is 0 Å². The number of hydrogen-bond donors (Lipinski definition) is 1. The Labute approximate surface area is 128 Å². The Morgan fingerprint density at radius 1 is 1.27 bits per heavy atom. The maximum absolute atomic E-state index is 12.3. The van der Waals surface area contributed by atoms with Gasteiger partial charge in [-0.3, -0.25) is 9.69 Å². The van der Waals surface area contributed by atoms with E-state index in [9.17, 15) is 4.79 Å². The Balaban J connectivity index is 1.66. The summed E-state index contributed by atoms with van der Waals surface area (Å²) in [6, 6.07) is 8.87. The van der Waals surface area contributed by atoms with Crippen molar-refractivity contribution >= 4 is 5.91 Å². The smallest absolute Gasteiger partial charge is 0.251 e. The van der Waals surface area contributed by atoms with Gasteiger partial charge >= 0.3 is 0 Å². The van der Waals surface area contributed by atoms with Crippen molar-refractivity contribution in [3.05, 3.63) is 47.9 Å². The van der Waals surface area contributed by atoms with Crippen LogP contribution in [0.1, 0.15) is 22.2 Å². The van der Waals surface area contributed by atoms with Crippen LogP contribution in [0.15, 0.2) is 41.0 Å². The first-order valence-electron chi connectivity index (χ1n) is 7.03. The van der Waals surface area contributed by atoms with Gasteiger partial charge in [-0.25, -0.2) is 0 Å². The van der Waals surface area contributed by atoms with Crippen molar-refractivity contribution < 1.29 is 18.7 Å². The molecular formula is C16H18N2O4. The quantitative estimate of drug-likeness (QED) is 0.915. The van der Waals surface area contributed by atoms with E-state index >= 15 is 0 Å². The minimum Gasteiger partial charge on any atom is -0.468 e.